The Balaban J connectivity index is 1.99. The highest BCUT2D eigenvalue weighted by Crippen LogP contribution is 2.40. The predicted octanol–water partition coefficient (Wildman–Crippen LogP) is 7.04. The van der Waals surface area contributed by atoms with Crippen LogP contribution >= 0.6 is 34.8 Å². The first-order valence-electron chi connectivity index (χ1n) is 8.29. The zero-order valence-corrected chi connectivity index (χ0v) is 15.5. The van der Waals surface area contributed by atoms with E-state index in [9.17, 15) is 4.79 Å². The Hall–Kier alpha value is -1.02. The summed E-state index contributed by atoms with van der Waals surface area (Å²) in [7, 11) is 0. The molecule has 0 heterocycles. The lowest BCUT2D eigenvalue weighted by Crippen LogP contribution is -2.08. The van der Waals surface area contributed by atoms with Crippen LogP contribution in [0.15, 0.2) is 42.5 Å². The van der Waals surface area contributed by atoms with Crippen LogP contribution in [0.1, 0.15) is 53.9 Å². The summed E-state index contributed by atoms with van der Waals surface area (Å²) in [5.74, 6) is 0.259. The largest absolute Gasteiger partial charge is 0.291 e. The average Bonchev–Trinajstić information content (AvgIpc) is 2.61. The molecule has 2 aromatic carbocycles. The van der Waals surface area contributed by atoms with Crippen molar-refractivity contribution in [1.29, 1.82) is 0 Å². The third kappa shape index (κ3) is 3.79. The van der Waals surface area contributed by atoms with Gasteiger partial charge >= 0.3 is 0 Å². The Labute approximate surface area is 157 Å². The van der Waals surface area contributed by atoms with Crippen molar-refractivity contribution >= 4 is 40.6 Å². The number of hydrogen-bond acceptors (Lipinski definition) is 1. The molecule has 1 aliphatic carbocycles. The topological polar surface area (TPSA) is 17.1 Å². The number of hydrogen-bond donors (Lipinski definition) is 0. The zero-order chi connectivity index (χ0) is 17.1. The number of alkyl halides is 2. The lowest BCUT2D eigenvalue weighted by Gasteiger charge is -2.24. The molecule has 3 rings (SSSR count). The second kappa shape index (κ2) is 7.91. The first kappa shape index (κ1) is 17.8. The first-order valence-corrected chi connectivity index (χ1v) is 9.54. The van der Waals surface area contributed by atoms with Crippen LogP contribution in [0.3, 0.4) is 0 Å². The maximum absolute atomic E-state index is 11.9. The molecule has 1 aliphatic rings. The van der Waals surface area contributed by atoms with Gasteiger partial charge in [0.05, 0.1) is 0 Å². The molecule has 0 amide bonds. The summed E-state index contributed by atoms with van der Waals surface area (Å²) in [5.41, 5.74) is 3.90. The second-order valence-corrected chi connectivity index (χ2v) is 7.79. The van der Waals surface area contributed by atoms with Crippen molar-refractivity contribution in [2.24, 2.45) is 0 Å². The van der Waals surface area contributed by atoms with Crippen molar-refractivity contribution in [3.63, 3.8) is 0 Å². The number of carbonyl (C=O) groups is 1. The molecule has 0 saturated heterocycles. The van der Waals surface area contributed by atoms with Crippen LogP contribution in [-0.4, -0.2) is 10.6 Å². The van der Waals surface area contributed by atoms with E-state index in [1.807, 2.05) is 12.1 Å². The lowest BCUT2D eigenvalue weighted by molar-refractivity contribution is 0.101. The lowest BCUT2D eigenvalue weighted by atomic mass is 9.81. The minimum absolute atomic E-state index is 0.327. The predicted molar refractivity (Wildman–Crippen MR) is 103 cm³/mol. The molecule has 0 bridgehead atoms. The molecule has 4 heteroatoms. The van der Waals surface area contributed by atoms with Crippen LogP contribution in [0, 0.1) is 0 Å². The molecule has 1 saturated carbocycles. The van der Waals surface area contributed by atoms with Gasteiger partial charge in [0.25, 0.3) is 0 Å². The van der Waals surface area contributed by atoms with E-state index in [0.717, 1.165) is 11.1 Å². The number of ketones is 1. The molecular formula is C20H19Cl3O. The standard InChI is InChI=1S/C20H19Cl3O/c21-18-12-14(19(24)20(22)23)10-11-17(18)16-9-5-4-8-15(16)13-6-2-1-3-7-13/h4-5,8-13,20H,1-3,6-7H2. The van der Waals surface area contributed by atoms with Gasteiger partial charge < -0.3 is 0 Å². The second-order valence-electron chi connectivity index (χ2n) is 6.28. The van der Waals surface area contributed by atoms with E-state index < -0.39 is 4.84 Å². The van der Waals surface area contributed by atoms with Gasteiger partial charge in [-0.25, -0.2) is 0 Å². The van der Waals surface area contributed by atoms with Crippen LogP contribution in [0.5, 0.6) is 0 Å². The molecule has 24 heavy (non-hydrogen) atoms. The molecule has 2 aromatic rings. The number of halogens is 3. The molecule has 0 atom stereocenters. The minimum Gasteiger partial charge on any atom is -0.291 e. The van der Waals surface area contributed by atoms with Crippen molar-refractivity contribution in [1.82, 2.24) is 0 Å². The first-order chi connectivity index (χ1) is 11.6. The zero-order valence-electron chi connectivity index (χ0n) is 13.3. The monoisotopic (exact) mass is 380 g/mol. The van der Waals surface area contributed by atoms with Crippen LogP contribution < -0.4 is 0 Å². The fraction of sp³-hybridized carbons (Fsp3) is 0.350. The molecule has 0 N–H and O–H groups in total. The molecule has 0 radical (unpaired) electrons. The van der Waals surface area contributed by atoms with Crippen LogP contribution in [-0.2, 0) is 0 Å². The summed E-state index contributed by atoms with van der Waals surface area (Å²) < 4.78 is 0. The van der Waals surface area contributed by atoms with Crippen molar-refractivity contribution in [2.75, 3.05) is 0 Å². The maximum Gasteiger partial charge on any atom is 0.195 e. The van der Waals surface area contributed by atoms with E-state index in [2.05, 4.69) is 18.2 Å². The van der Waals surface area contributed by atoms with Gasteiger partial charge in [0.2, 0.25) is 0 Å². The summed E-state index contributed by atoms with van der Waals surface area (Å²) in [6.07, 6.45) is 6.35. The molecule has 0 unspecified atom stereocenters. The van der Waals surface area contributed by atoms with E-state index in [4.69, 9.17) is 34.8 Å². The van der Waals surface area contributed by atoms with Gasteiger partial charge in [-0.2, -0.15) is 0 Å². The van der Waals surface area contributed by atoms with E-state index in [-0.39, 0.29) is 5.78 Å². The third-order valence-electron chi connectivity index (χ3n) is 4.75. The van der Waals surface area contributed by atoms with Crippen LogP contribution in [0.2, 0.25) is 5.02 Å². The third-order valence-corrected chi connectivity index (χ3v) is 5.46. The fourth-order valence-electron chi connectivity index (χ4n) is 3.52. The maximum atomic E-state index is 11.9. The Kier molecular flexibility index (Phi) is 5.86. The van der Waals surface area contributed by atoms with Gasteiger partial charge in [0, 0.05) is 16.1 Å². The van der Waals surface area contributed by atoms with E-state index >= 15 is 0 Å². The summed E-state index contributed by atoms with van der Waals surface area (Å²) in [5, 5.41) is 0.554. The smallest absolute Gasteiger partial charge is 0.195 e. The molecule has 126 valence electrons. The summed E-state index contributed by atoms with van der Waals surface area (Å²) >= 11 is 17.8. The summed E-state index contributed by atoms with van der Waals surface area (Å²) in [6.45, 7) is 0. The molecule has 0 aromatic heterocycles. The van der Waals surface area contributed by atoms with Crippen molar-refractivity contribution in [3.8, 4) is 11.1 Å². The van der Waals surface area contributed by atoms with Crippen LogP contribution in [0.25, 0.3) is 11.1 Å². The molecule has 1 fully saturated rings. The van der Waals surface area contributed by atoms with Crippen LogP contribution in [0.4, 0.5) is 0 Å². The van der Waals surface area contributed by atoms with Crippen molar-refractivity contribution in [3.05, 3.63) is 58.6 Å². The number of Topliss-reactive ketones (excluding diaryl/α,β-unsaturated/α-hetero) is 1. The van der Waals surface area contributed by atoms with Gasteiger partial charge in [-0.1, -0.05) is 90.5 Å². The molecule has 0 aliphatic heterocycles. The molecular weight excluding hydrogens is 363 g/mol. The summed E-state index contributed by atoms with van der Waals surface area (Å²) in [6, 6.07) is 13.7. The quantitative estimate of drug-likeness (QED) is 0.410. The normalized spacial score (nSPS) is 15.7. The minimum atomic E-state index is -1.07. The van der Waals surface area contributed by atoms with Gasteiger partial charge in [0.15, 0.2) is 10.6 Å². The molecule has 1 nitrogen and oxygen atoms in total. The van der Waals surface area contributed by atoms with Gasteiger partial charge in [-0.05, 0) is 36.0 Å². The Morgan fingerprint density at radius 1 is 0.958 bits per heavy atom. The highest BCUT2D eigenvalue weighted by molar-refractivity contribution is 6.55. The van der Waals surface area contributed by atoms with E-state index in [0.29, 0.717) is 16.5 Å². The number of carbonyl (C=O) groups excluding carboxylic acids is 1. The van der Waals surface area contributed by atoms with Gasteiger partial charge in [-0.15, -0.1) is 0 Å². The fourth-order valence-corrected chi connectivity index (χ4v) is 4.06. The summed E-state index contributed by atoms with van der Waals surface area (Å²) in [4.78, 5) is 10.9. The Morgan fingerprint density at radius 2 is 1.67 bits per heavy atom. The number of rotatable bonds is 4. The Bertz CT molecular complexity index is 733. The SMILES string of the molecule is O=C(c1ccc(-c2ccccc2C2CCCCC2)c(Cl)c1)C(Cl)Cl. The van der Waals surface area contributed by atoms with Gasteiger partial charge in [0.1, 0.15) is 0 Å². The van der Waals surface area contributed by atoms with E-state index in [1.54, 1.807) is 12.1 Å². The van der Waals surface area contributed by atoms with Crippen molar-refractivity contribution in [2.45, 2.75) is 42.9 Å². The highest BCUT2D eigenvalue weighted by Gasteiger charge is 2.21. The van der Waals surface area contributed by atoms with Crippen molar-refractivity contribution < 1.29 is 4.79 Å². The average molecular weight is 382 g/mol. The Morgan fingerprint density at radius 3 is 2.33 bits per heavy atom. The van der Waals surface area contributed by atoms with E-state index in [1.165, 1.54) is 37.7 Å². The highest BCUT2D eigenvalue weighted by atomic mass is 35.5. The number of benzene rings is 2. The molecule has 0 spiro atoms. The van der Waals surface area contributed by atoms with Gasteiger partial charge in [-0.3, -0.25) is 4.79 Å².